The summed E-state index contributed by atoms with van der Waals surface area (Å²) in [4.78, 5) is 39.8. The zero-order chi connectivity index (χ0) is 26.4. The van der Waals surface area contributed by atoms with E-state index in [1.165, 1.54) is 4.57 Å². The molecular formula is C25H29N3O8. The summed E-state index contributed by atoms with van der Waals surface area (Å²) in [6.45, 7) is 2.48. The van der Waals surface area contributed by atoms with Crippen LogP contribution in [0, 0.1) is 0 Å². The first kappa shape index (κ1) is 26.6. The van der Waals surface area contributed by atoms with E-state index in [1.54, 1.807) is 26.6 Å². The third-order valence-corrected chi connectivity index (χ3v) is 5.96. The van der Waals surface area contributed by atoms with Gasteiger partial charge >= 0.3 is 17.6 Å². The number of aliphatic imine (C=N–C) groups is 1. The maximum absolute atomic E-state index is 11.7. The minimum atomic E-state index is -1.26. The third-order valence-electron chi connectivity index (χ3n) is 5.96. The van der Waals surface area contributed by atoms with Gasteiger partial charge in [0, 0.05) is 48.6 Å². The molecule has 0 spiro atoms. The molecule has 11 heteroatoms. The average molecular weight is 500 g/mol. The monoisotopic (exact) mass is 499 g/mol. The summed E-state index contributed by atoms with van der Waals surface area (Å²) < 4.78 is 12.8. The second-order valence-corrected chi connectivity index (χ2v) is 8.39. The highest BCUT2D eigenvalue weighted by Gasteiger charge is 2.37. The summed E-state index contributed by atoms with van der Waals surface area (Å²) in [6, 6.07) is 4.06. The van der Waals surface area contributed by atoms with Crippen LogP contribution < -0.4 is 15.2 Å². The predicted molar refractivity (Wildman–Crippen MR) is 130 cm³/mol. The Hall–Kier alpha value is -3.99. The lowest BCUT2D eigenvalue weighted by atomic mass is 9.74. The summed E-state index contributed by atoms with van der Waals surface area (Å²) in [5, 5.41) is 25.9. The molecule has 4 rings (SSSR count). The normalized spacial score (nSPS) is 20.3. The third kappa shape index (κ3) is 6.16. The molecule has 0 bridgehead atoms. The van der Waals surface area contributed by atoms with Crippen LogP contribution in [0.4, 0.5) is 0 Å². The lowest BCUT2D eigenvalue weighted by molar-refractivity contribution is -0.134. The number of nitrogens with zero attached hydrogens (tertiary/aromatic N) is 3. The van der Waals surface area contributed by atoms with Crippen LogP contribution in [0.2, 0.25) is 0 Å². The van der Waals surface area contributed by atoms with E-state index in [2.05, 4.69) is 4.98 Å². The number of aromatic nitrogens is 2. The maximum Gasteiger partial charge on any atom is 0.347 e. The molecule has 1 aromatic heterocycles. The van der Waals surface area contributed by atoms with Crippen molar-refractivity contribution in [3.63, 3.8) is 0 Å². The number of hydrogen-bond acceptors (Lipinski definition) is 8. The first-order valence-corrected chi connectivity index (χ1v) is 11.4. The molecule has 3 N–H and O–H groups in total. The van der Waals surface area contributed by atoms with Crippen molar-refractivity contribution in [2.75, 3.05) is 13.7 Å². The van der Waals surface area contributed by atoms with Crippen LogP contribution >= 0.6 is 0 Å². The fraction of sp³-hybridized carbons (Fsp3) is 0.400. The average Bonchev–Trinajstić information content (AvgIpc) is 2.84. The predicted octanol–water partition coefficient (Wildman–Crippen LogP) is 1.75. The summed E-state index contributed by atoms with van der Waals surface area (Å²) >= 11 is 0. The van der Waals surface area contributed by atoms with Gasteiger partial charge in [0.25, 0.3) is 0 Å². The summed E-state index contributed by atoms with van der Waals surface area (Å²) in [5.41, 5.74) is 3.34. The highest BCUT2D eigenvalue weighted by molar-refractivity contribution is 6.14. The lowest BCUT2D eigenvalue weighted by Crippen LogP contribution is -2.34. The molecule has 192 valence electrons. The van der Waals surface area contributed by atoms with Crippen LogP contribution in [-0.4, -0.2) is 68.4 Å². The number of aliphatic carboxylic acids is 2. The molecule has 2 aliphatic rings. The van der Waals surface area contributed by atoms with Crippen molar-refractivity contribution in [1.82, 2.24) is 9.55 Å². The van der Waals surface area contributed by atoms with E-state index in [9.17, 15) is 19.5 Å². The van der Waals surface area contributed by atoms with Crippen molar-refractivity contribution in [3.05, 3.63) is 63.9 Å². The van der Waals surface area contributed by atoms with Crippen LogP contribution in [0.3, 0.4) is 0 Å². The number of fused-ring (bicyclic) bond motifs is 3. The Kier molecular flexibility index (Phi) is 8.59. The fourth-order valence-corrected chi connectivity index (χ4v) is 4.38. The molecule has 0 saturated heterocycles. The largest absolute Gasteiger partial charge is 0.493 e. The number of hydrogen-bond donors (Lipinski definition) is 3. The van der Waals surface area contributed by atoms with Gasteiger partial charge in [0.2, 0.25) is 0 Å². The fourth-order valence-electron chi connectivity index (χ4n) is 4.38. The molecule has 0 amide bonds. The first-order valence-electron chi connectivity index (χ1n) is 11.4. The summed E-state index contributed by atoms with van der Waals surface area (Å²) in [7, 11) is 3.30. The lowest BCUT2D eigenvalue weighted by Gasteiger charge is -2.37. The second-order valence-electron chi connectivity index (χ2n) is 8.39. The number of carboxylic acid groups (broad SMARTS) is 2. The Labute approximate surface area is 207 Å². The van der Waals surface area contributed by atoms with Gasteiger partial charge in [0.1, 0.15) is 0 Å². The number of aliphatic hydroxyl groups excluding tert-OH is 1. The minimum absolute atomic E-state index is 0.0889. The number of rotatable bonds is 6. The van der Waals surface area contributed by atoms with E-state index in [0.29, 0.717) is 36.7 Å². The van der Waals surface area contributed by atoms with E-state index >= 15 is 0 Å². The number of methoxy groups -OCH3 is 1. The number of carboxylic acids is 2. The Bertz CT molecular complexity index is 1230. The number of ether oxygens (including phenoxy) is 2. The van der Waals surface area contributed by atoms with Gasteiger partial charge < -0.3 is 29.4 Å². The minimum Gasteiger partial charge on any atom is -0.493 e. The Balaban J connectivity index is 0.000000392. The number of aryl methyl sites for hydroxylation is 1. The highest BCUT2D eigenvalue weighted by Crippen LogP contribution is 2.44. The standard InChI is InChI=1S/C21H25N3O4.C4H4O4/c1-4-28-19-8-14-15-7-13(25)5-6-17(15)23-20(16(14)9-18(19)27-3)12-10-22-21(26)24(2)11-12;5-3(6)1-2-4(7)8/h8-11,13,15,17,25H,4-7H2,1-3H3;1-2H,(H,5,6)(H,7,8)/b;2-1+/t13-,15-,17-;/m1./s1. The van der Waals surface area contributed by atoms with Gasteiger partial charge in [-0.25, -0.2) is 19.4 Å². The van der Waals surface area contributed by atoms with Crippen LogP contribution in [0.1, 0.15) is 48.8 Å². The summed E-state index contributed by atoms with van der Waals surface area (Å²) in [6.07, 6.45) is 6.38. The van der Waals surface area contributed by atoms with Crippen molar-refractivity contribution in [3.8, 4) is 11.5 Å². The Morgan fingerprint density at radius 3 is 2.44 bits per heavy atom. The molecule has 1 fully saturated rings. The van der Waals surface area contributed by atoms with Crippen LogP contribution in [-0.2, 0) is 16.6 Å². The molecule has 2 heterocycles. The van der Waals surface area contributed by atoms with Crippen molar-refractivity contribution in [2.45, 2.75) is 44.2 Å². The van der Waals surface area contributed by atoms with Crippen molar-refractivity contribution in [2.24, 2.45) is 12.0 Å². The van der Waals surface area contributed by atoms with Crippen LogP contribution in [0.25, 0.3) is 0 Å². The van der Waals surface area contributed by atoms with Gasteiger partial charge in [-0.2, -0.15) is 0 Å². The van der Waals surface area contributed by atoms with E-state index < -0.39 is 11.9 Å². The second kappa shape index (κ2) is 11.6. The smallest absolute Gasteiger partial charge is 0.347 e. The van der Waals surface area contributed by atoms with Gasteiger partial charge in [-0.3, -0.25) is 4.99 Å². The van der Waals surface area contributed by atoms with Gasteiger partial charge in [0.15, 0.2) is 11.5 Å². The molecule has 36 heavy (non-hydrogen) atoms. The van der Waals surface area contributed by atoms with Crippen LogP contribution in [0.15, 0.2) is 46.5 Å². The van der Waals surface area contributed by atoms with Gasteiger partial charge in [-0.1, -0.05) is 0 Å². The molecule has 1 aliphatic carbocycles. The van der Waals surface area contributed by atoms with E-state index in [-0.39, 0.29) is 23.8 Å². The van der Waals surface area contributed by atoms with Crippen molar-refractivity contribution in [1.29, 1.82) is 0 Å². The molecule has 1 aromatic carbocycles. The molecule has 2 aromatic rings. The van der Waals surface area contributed by atoms with Crippen molar-refractivity contribution < 1.29 is 34.4 Å². The molecule has 0 unspecified atom stereocenters. The number of benzene rings is 1. The van der Waals surface area contributed by atoms with Gasteiger partial charge in [-0.05, 0) is 43.9 Å². The van der Waals surface area contributed by atoms with Gasteiger partial charge in [0.05, 0.1) is 31.6 Å². The van der Waals surface area contributed by atoms with E-state index in [0.717, 1.165) is 35.2 Å². The maximum atomic E-state index is 11.7. The quantitative estimate of drug-likeness (QED) is 0.503. The zero-order valence-electron chi connectivity index (χ0n) is 20.2. The Morgan fingerprint density at radius 2 is 1.86 bits per heavy atom. The molecule has 3 atom stereocenters. The van der Waals surface area contributed by atoms with Gasteiger partial charge in [-0.15, -0.1) is 0 Å². The van der Waals surface area contributed by atoms with E-state index in [1.807, 2.05) is 19.1 Å². The zero-order valence-corrected chi connectivity index (χ0v) is 20.2. The molecule has 1 saturated carbocycles. The molecule has 0 radical (unpaired) electrons. The molecular weight excluding hydrogens is 470 g/mol. The SMILES string of the molecule is CCOc1cc2c(cc1OC)C(c1cnc(=O)n(C)c1)=N[C@@H]1CC[C@@H](O)C[C@H]21.O=C(O)/C=C/C(=O)O. The molecule has 11 nitrogen and oxygen atoms in total. The number of carbonyl (C=O) groups is 2. The first-order chi connectivity index (χ1) is 17.1. The summed E-state index contributed by atoms with van der Waals surface area (Å²) in [5.74, 6) is -1.05. The number of aliphatic hydroxyl groups is 1. The topological polar surface area (TPSA) is 161 Å². The van der Waals surface area contributed by atoms with E-state index in [4.69, 9.17) is 24.7 Å². The highest BCUT2D eigenvalue weighted by atomic mass is 16.5. The van der Waals surface area contributed by atoms with Crippen LogP contribution in [0.5, 0.6) is 11.5 Å². The van der Waals surface area contributed by atoms with Crippen molar-refractivity contribution >= 4 is 17.7 Å². The Morgan fingerprint density at radius 1 is 1.17 bits per heavy atom. The molecule has 1 aliphatic heterocycles.